The summed E-state index contributed by atoms with van der Waals surface area (Å²) < 4.78 is 13.3. The third kappa shape index (κ3) is 3.97. The highest BCUT2D eigenvalue weighted by Gasteiger charge is 2.60. The van der Waals surface area contributed by atoms with Crippen molar-refractivity contribution in [3.63, 3.8) is 0 Å². The Morgan fingerprint density at radius 1 is 1.10 bits per heavy atom. The van der Waals surface area contributed by atoms with Crippen molar-refractivity contribution in [3.05, 3.63) is 75.3 Å². The van der Waals surface area contributed by atoms with E-state index in [1.165, 1.54) is 12.1 Å². The first-order valence-corrected chi connectivity index (χ1v) is 12.6. The van der Waals surface area contributed by atoms with Gasteiger partial charge in [0.2, 0.25) is 5.78 Å². The summed E-state index contributed by atoms with van der Waals surface area (Å²) in [6.07, 6.45) is 0.764. The number of aliphatic hydroxyl groups is 3. The minimum Gasteiger partial charge on any atom is -0.508 e. The SMILES string of the molecule is CN(C)c1cc(CCc2ccc(F)cc2)c(O)c2c1CC1CC3CC(=O)C(C(N)=O)=C(O)C3(O)C(=O)C1=C2O. The van der Waals surface area contributed by atoms with Gasteiger partial charge >= 0.3 is 0 Å². The molecule has 2 aromatic carbocycles. The molecule has 204 valence electrons. The fraction of sp³-hybridized carbons (Fsp3) is 0.345. The van der Waals surface area contributed by atoms with Crippen molar-refractivity contribution in [2.45, 2.75) is 37.7 Å². The Morgan fingerprint density at radius 2 is 1.77 bits per heavy atom. The van der Waals surface area contributed by atoms with E-state index < -0.39 is 52.0 Å². The van der Waals surface area contributed by atoms with E-state index in [2.05, 4.69) is 0 Å². The summed E-state index contributed by atoms with van der Waals surface area (Å²) >= 11 is 0. The highest BCUT2D eigenvalue weighted by atomic mass is 19.1. The number of aliphatic hydroxyl groups excluding tert-OH is 2. The summed E-state index contributed by atoms with van der Waals surface area (Å²) in [6.45, 7) is 0. The van der Waals surface area contributed by atoms with Crippen molar-refractivity contribution < 1.29 is 39.2 Å². The number of carbonyl (C=O) groups is 3. The number of rotatable bonds is 5. The highest BCUT2D eigenvalue weighted by Crippen LogP contribution is 2.53. The van der Waals surface area contributed by atoms with E-state index in [0.29, 0.717) is 29.7 Å². The van der Waals surface area contributed by atoms with Crippen LogP contribution in [-0.4, -0.2) is 57.6 Å². The highest BCUT2D eigenvalue weighted by molar-refractivity contribution is 6.22. The average molecular weight is 537 g/mol. The van der Waals surface area contributed by atoms with Crippen LogP contribution in [0.1, 0.15) is 35.1 Å². The number of amides is 1. The van der Waals surface area contributed by atoms with Crippen LogP contribution in [0.5, 0.6) is 5.75 Å². The normalized spacial score (nSPS) is 24.3. The molecule has 0 aliphatic heterocycles. The summed E-state index contributed by atoms with van der Waals surface area (Å²) in [4.78, 5) is 39.9. The molecule has 1 fully saturated rings. The van der Waals surface area contributed by atoms with Gasteiger partial charge in [-0.15, -0.1) is 0 Å². The lowest BCUT2D eigenvalue weighted by Crippen LogP contribution is -2.58. The van der Waals surface area contributed by atoms with E-state index in [1.807, 2.05) is 25.1 Å². The van der Waals surface area contributed by atoms with Gasteiger partial charge in [0.25, 0.3) is 5.91 Å². The van der Waals surface area contributed by atoms with E-state index in [0.717, 1.165) is 5.56 Å². The predicted molar refractivity (Wildman–Crippen MR) is 140 cm³/mol. The third-order valence-corrected chi connectivity index (χ3v) is 8.20. The van der Waals surface area contributed by atoms with Gasteiger partial charge in [0.15, 0.2) is 11.4 Å². The number of hydrogen-bond donors (Lipinski definition) is 5. The van der Waals surface area contributed by atoms with Crippen molar-refractivity contribution in [3.8, 4) is 5.75 Å². The molecular weight excluding hydrogens is 507 g/mol. The van der Waals surface area contributed by atoms with Crippen molar-refractivity contribution in [1.82, 2.24) is 0 Å². The number of halogens is 1. The Balaban J connectivity index is 1.63. The number of aryl methyl sites for hydroxylation is 2. The lowest BCUT2D eigenvalue weighted by molar-refractivity contribution is -0.147. The number of nitrogens with zero attached hydrogens (tertiary/aromatic N) is 1. The summed E-state index contributed by atoms with van der Waals surface area (Å²) in [5.41, 5.74) is 4.35. The second-order valence-electron chi connectivity index (χ2n) is 10.7. The number of fused-ring (bicyclic) bond motifs is 3. The topological polar surface area (TPSA) is 161 Å². The Morgan fingerprint density at radius 3 is 2.38 bits per heavy atom. The number of phenolic OH excluding ortho intramolecular Hbond substituents is 1. The number of primary amides is 1. The molecule has 6 N–H and O–H groups in total. The van der Waals surface area contributed by atoms with Gasteiger partial charge in [0, 0.05) is 37.7 Å². The second-order valence-corrected chi connectivity index (χ2v) is 10.7. The summed E-state index contributed by atoms with van der Waals surface area (Å²) in [5, 5.41) is 44.9. The van der Waals surface area contributed by atoms with Crippen LogP contribution in [0.4, 0.5) is 10.1 Å². The molecule has 3 aliphatic carbocycles. The molecule has 0 aromatic heterocycles. The standard InChI is InChI=1S/C29H29FN2O7/c1-32(2)19-11-14(6-3-13-4-7-17(30)8-5-13)24(34)22-18(19)10-15-9-16-12-20(33)23(28(31)38)27(37)29(16,39)26(36)21(15)25(22)35/h4-5,7-8,11,15-16,34-35,37,39H,3,6,9-10,12H2,1-2H3,(H2,31,38). The minimum absolute atomic E-state index is 0.0578. The molecule has 1 amide bonds. The number of benzene rings is 2. The Bertz CT molecular complexity index is 1490. The van der Waals surface area contributed by atoms with Crippen LogP contribution in [0, 0.1) is 17.7 Å². The molecule has 0 bridgehead atoms. The Hall–Kier alpha value is -4.18. The van der Waals surface area contributed by atoms with Crippen molar-refractivity contribution in [1.29, 1.82) is 0 Å². The number of Topliss-reactive ketones (excluding diaryl/α,β-unsaturated/α-hetero) is 2. The molecule has 0 saturated heterocycles. The number of aromatic hydroxyl groups is 1. The quantitative estimate of drug-likeness (QED) is 0.364. The van der Waals surface area contributed by atoms with Gasteiger partial charge in [-0.25, -0.2) is 4.39 Å². The van der Waals surface area contributed by atoms with Crippen LogP contribution in [0.25, 0.3) is 5.76 Å². The number of ketones is 2. The summed E-state index contributed by atoms with van der Waals surface area (Å²) in [7, 11) is 3.62. The Labute approximate surface area is 223 Å². The van der Waals surface area contributed by atoms with Crippen LogP contribution < -0.4 is 10.6 Å². The van der Waals surface area contributed by atoms with E-state index in [4.69, 9.17) is 5.73 Å². The summed E-state index contributed by atoms with van der Waals surface area (Å²) in [5.74, 6) is -6.87. The molecule has 3 atom stereocenters. The fourth-order valence-electron chi connectivity index (χ4n) is 6.24. The molecule has 0 heterocycles. The molecule has 0 spiro atoms. The Kier molecular flexibility index (Phi) is 6.26. The number of phenols is 1. The van der Waals surface area contributed by atoms with Crippen LogP contribution in [0.2, 0.25) is 0 Å². The van der Waals surface area contributed by atoms with Crippen LogP contribution in [-0.2, 0) is 33.6 Å². The molecule has 3 unspecified atom stereocenters. The molecular formula is C29H29FN2O7. The fourth-order valence-corrected chi connectivity index (χ4v) is 6.24. The number of carbonyl (C=O) groups excluding carboxylic acids is 3. The molecule has 39 heavy (non-hydrogen) atoms. The van der Waals surface area contributed by atoms with E-state index >= 15 is 0 Å². The molecule has 9 nitrogen and oxygen atoms in total. The largest absolute Gasteiger partial charge is 0.508 e. The van der Waals surface area contributed by atoms with Crippen LogP contribution in [0.3, 0.4) is 0 Å². The maximum atomic E-state index is 13.7. The lowest BCUT2D eigenvalue weighted by atomic mass is 9.59. The smallest absolute Gasteiger partial charge is 0.255 e. The van der Waals surface area contributed by atoms with Crippen molar-refractivity contribution in [2.24, 2.45) is 17.6 Å². The summed E-state index contributed by atoms with van der Waals surface area (Å²) in [6, 6.07) is 7.81. The second kappa shape index (κ2) is 9.23. The zero-order valence-corrected chi connectivity index (χ0v) is 21.5. The van der Waals surface area contributed by atoms with Crippen LogP contribution in [0.15, 0.2) is 47.2 Å². The van der Waals surface area contributed by atoms with Gasteiger partial charge in [-0.1, -0.05) is 12.1 Å². The van der Waals surface area contributed by atoms with Crippen LogP contribution >= 0.6 is 0 Å². The van der Waals surface area contributed by atoms with Gasteiger partial charge in [0.1, 0.15) is 28.7 Å². The van der Waals surface area contributed by atoms with E-state index in [1.54, 1.807) is 12.1 Å². The lowest BCUT2D eigenvalue weighted by Gasteiger charge is -2.46. The molecule has 10 heteroatoms. The first-order valence-electron chi connectivity index (χ1n) is 12.6. The van der Waals surface area contributed by atoms with Crippen molar-refractivity contribution >= 4 is 28.9 Å². The third-order valence-electron chi connectivity index (χ3n) is 8.20. The first-order chi connectivity index (χ1) is 18.4. The van der Waals surface area contributed by atoms with E-state index in [9.17, 15) is 39.2 Å². The van der Waals surface area contributed by atoms with Gasteiger partial charge in [0.05, 0.1) is 5.56 Å². The van der Waals surface area contributed by atoms with Gasteiger partial charge in [-0.3, -0.25) is 14.4 Å². The van der Waals surface area contributed by atoms with E-state index in [-0.39, 0.29) is 42.0 Å². The van der Waals surface area contributed by atoms with Gasteiger partial charge < -0.3 is 31.1 Å². The molecule has 0 radical (unpaired) electrons. The van der Waals surface area contributed by atoms with Crippen molar-refractivity contribution in [2.75, 3.05) is 19.0 Å². The molecule has 5 rings (SSSR count). The maximum absolute atomic E-state index is 13.7. The zero-order valence-electron chi connectivity index (χ0n) is 21.5. The zero-order chi connectivity index (χ0) is 28.4. The number of hydrogen-bond acceptors (Lipinski definition) is 8. The maximum Gasteiger partial charge on any atom is 0.255 e. The number of anilines is 1. The number of nitrogens with two attached hydrogens (primary N) is 1. The monoisotopic (exact) mass is 536 g/mol. The van der Waals surface area contributed by atoms with Gasteiger partial charge in [-0.2, -0.15) is 0 Å². The molecule has 2 aromatic rings. The first kappa shape index (κ1) is 26.4. The molecule has 3 aliphatic rings. The average Bonchev–Trinajstić information content (AvgIpc) is 2.86. The predicted octanol–water partition coefficient (Wildman–Crippen LogP) is 2.41. The minimum atomic E-state index is -2.60. The van der Waals surface area contributed by atoms with Gasteiger partial charge in [-0.05, 0) is 66.5 Å². The molecule has 1 saturated carbocycles.